The highest BCUT2D eigenvalue weighted by molar-refractivity contribution is 5.94. The van der Waals surface area contributed by atoms with Gasteiger partial charge in [-0.25, -0.2) is 4.98 Å². The van der Waals surface area contributed by atoms with Gasteiger partial charge in [0.25, 0.3) is 5.69 Å². The Morgan fingerprint density at radius 3 is 2.70 bits per heavy atom. The third kappa shape index (κ3) is 4.27. The molecule has 8 heteroatoms. The van der Waals surface area contributed by atoms with Gasteiger partial charge in [0.15, 0.2) is 0 Å². The summed E-state index contributed by atoms with van der Waals surface area (Å²) in [5, 5.41) is 13.5. The Hall–Kier alpha value is -3.81. The van der Waals surface area contributed by atoms with Crippen LogP contribution in [0.1, 0.15) is 29.5 Å². The van der Waals surface area contributed by atoms with Gasteiger partial charge in [0.05, 0.1) is 4.92 Å². The van der Waals surface area contributed by atoms with E-state index in [1.54, 1.807) is 29.3 Å². The van der Waals surface area contributed by atoms with Crippen molar-refractivity contribution >= 4 is 35.0 Å². The lowest BCUT2D eigenvalue weighted by molar-refractivity contribution is -0.384. The van der Waals surface area contributed by atoms with Crippen LogP contribution in [0.4, 0.5) is 11.5 Å². The van der Waals surface area contributed by atoms with E-state index in [-0.39, 0.29) is 17.5 Å². The van der Waals surface area contributed by atoms with Crippen molar-refractivity contribution in [3.05, 3.63) is 75.5 Å². The van der Waals surface area contributed by atoms with Gasteiger partial charge >= 0.3 is 0 Å². The lowest BCUT2D eigenvalue weighted by atomic mass is 9.99. The number of fused-ring (bicyclic) bond motifs is 1. The Labute approximate surface area is 173 Å². The molecule has 0 saturated heterocycles. The second-order valence-corrected chi connectivity index (χ2v) is 7.23. The Bertz CT molecular complexity index is 1070. The van der Waals surface area contributed by atoms with E-state index in [4.69, 9.17) is 0 Å². The van der Waals surface area contributed by atoms with Crippen LogP contribution in [0.15, 0.2) is 48.7 Å². The van der Waals surface area contributed by atoms with Crippen LogP contribution in [0, 0.1) is 10.1 Å². The zero-order valence-electron chi connectivity index (χ0n) is 16.2. The second kappa shape index (κ2) is 8.28. The zero-order valence-corrected chi connectivity index (χ0v) is 16.2. The average Bonchev–Trinajstić information content (AvgIpc) is 2.77. The molecule has 2 aliphatic heterocycles. The fraction of sp³-hybridized carbons (Fsp3) is 0.227. The number of pyridine rings is 1. The Balaban J connectivity index is 1.38. The minimum absolute atomic E-state index is 0.0280. The van der Waals surface area contributed by atoms with E-state index in [2.05, 4.69) is 10.3 Å². The lowest BCUT2D eigenvalue weighted by Gasteiger charge is -2.25. The summed E-state index contributed by atoms with van der Waals surface area (Å²) < 4.78 is 0. The molecular weight excluding hydrogens is 384 g/mol. The summed E-state index contributed by atoms with van der Waals surface area (Å²) in [6.07, 6.45) is 8.68. The topological polar surface area (TPSA) is 105 Å². The summed E-state index contributed by atoms with van der Waals surface area (Å²) in [7, 11) is 0. The first-order valence-corrected chi connectivity index (χ1v) is 9.69. The van der Waals surface area contributed by atoms with Gasteiger partial charge in [0, 0.05) is 43.9 Å². The number of carbonyl (C=O) groups excluding carboxylic acids is 2. The van der Waals surface area contributed by atoms with Gasteiger partial charge in [-0.05, 0) is 59.4 Å². The number of nitrogens with zero attached hydrogens (tertiary/aromatic N) is 3. The largest absolute Gasteiger partial charge is 0.335 e. The third-order valence-electron chi connectivity index (χ3n) is 5.26. The molecule has 0 bridgehead atoms. The van der Waals surface area contributed by atoms with Crippen molar-refractivity contribution in [3.63, 3.8) is 0 Å². The molecule has 1 N–H and O–H groups in total. The maximum Gasteiger partial charge on any atom is 0.269 e. The number of nitro benzene ring substituents is 1. The fourth-order valence-corrected chi connectivity index (χ4v) is 3.57. The standard InChI is InChI=1S/C22H20N4O4/c27-20-7-4-18-13-15(14-23-22(18)24-20)1-8-21(28)25-11-9-17(10-12-25)16-2-5-19(6-3-16)26(29)30/h1-3,5-6,8-9,13-14H,4,7,10-12H2,(H,23,24,27)/b8-1+. The molecule has 8 nitrogen and oxygen atoms in total. The fourth-order valence-electron chi connectivity index (χ4n) is 3.57. The number of anilines is 1. The number of amides is 2. The Morgan fingerprint density at radius 2 is 2.00 bits per heavy atom. The molecule has 2 aromatic rings. The highest BCUT2D eigenvalue weighted by atomic mass is 16.6. The average molecular weight is 404 g/mol. The van der Waals surface area contributed by atoms with E-state index in [0.29, 0.717) is 38.2 Å². The van der Waals surface area contributed by atoms with E-state index < -0.39 is 4.92 Å². The van der Waals surface area contributed by atoms with Crippen LogP contribution in [0.2, 0.25) is 0 Å². The first-order chi connectivity index (χ1) is 14.5. The second-order valence-electron chi connectivity index (χ2n) is 7.23. The van der Waals surface area contributed by atoms with Crippen molar-refractivity contribution in [2.24, 2.45) is 0 Å². The number of rotatable bonds is 4. The number of carbonyl (C=O) groups is 2. The summed E-state index contributed by atoms with van der Waals surface area (Å²) in [6.45, 7) is 1.07. The molecule has 2 aliphatic rings. The summed E-state index contributed by atoms with van der Waals surface area (Å²) in [5.41, 5.74) is 3.88. The maximum atomic E-state index is 12.5. The molecule has 2 amide bonds. The third-order valence-corrected chi connectivity index (χ3v) is 5.26. The number of benzene rings is 1. The number of hydrogen-bond donors (Lipinski definition) is 1. The smallest absolute Gasteiger partial charge is 0.269 e. The van der Waals surface area contributed by atoms with Gasteiger partial charge in [0.1, 0.15) is 5.82 Å². The normalized spacial score (nSPS) is 16.1. The van der Waals surface area contributed by atoms with Crippen LogP contribution in [-0.4, -0.2) is 39.7 Å². The first-order valence-electron chi connectivity index (χ1n) is 9.69. The minimum Gasteiger partial charge on any atom is -0.335 e. The number of aryl methyl sites for hydroxylation is 1. The van der Waals surface area contributed by atoms with E-state index in [0.717, 1.165) is 22.3 Å². The number of non-ortho nitro benzene ring substituents is 1. The van der Waals surface area contributed by atoms with Crippen molar-refractivity contribution in [3.8, 4) is 0 Å². The number of hydrogen-bond acceptors (Lipinski definition) is 5. The predicted molar refractivity (Wildman–Crippen MR) is 112 cm³/mol. The molecule has 1 aromatic heterocycles. The van der Waals surface area contributed by atoms with Crippen molar-refractivity contribution in [2.75, 3.05) is 18.4 Å². The minimum atomic E-state index is -0.417. The molecule has 30 heavy (non-hydrogen) atoms. The van der Waals surface area contributed by atoms with E-state index in [1.165, 1.54) is 18.2 Å². The molecule has 0 unspecified atom stereocenters. The lowest BCUT2D eigenvalue weighted by Crippen LogP contribution is -2.33. The molecule has 152 valence electrons. The van der Waals surface area contributed by atoms with Crippen molar-refractivity contribution in [1.29, 1.82) is 0 Å². The molecule has 0 radical (unpaired) electrons. The quantitative estimate of drug-likeness (QED) is 0.479. The van der Waals surface area contributed by atoms with Gasteiger partial charge in [-0.1, -0.05) is 6.08 Å². The molecule has 3 heterocycles. The van der Waals surface area contributed by atoms with Crippen LogP contribution >= 0.6 is 0 Å². The number of nitro groups is 1. The summed E-state index contributed by atoms with van der Waals surface area (Å²) in [6, 6.07) is 8.41. The monoisotopic (exact) mass is 404 g/mol. The van der Waals surface area contributed by atoms with Crippen LogP contribution in [0.5, 0.6) is 0 Å². The van der Waals surface area contributed by atoms with Crippen LogP contribution in [-0.2, 0) is 16.0 Å². The van der Waals surface area contributed by atoms with Gasteiger partial charge in [-0.2, -0.15) is 0 Å². The zero-order chi connectivity index (χ0) is 21.1. The number of aromatic nitrogens is 1. The molecular formula is C22H20N4O4. The van der Waals surface area contributed by atoms with E-state index >= 15 is 0 Å². The molecule has 0 fully saturated rings. The van der Waals surface area contributed by atoms with Gasteiger partial charge in [0.2, 0.25) is 11.8 Å². The summed E-state index contributed by atoms with van der Waals surface area (Å²) in [4.78, 5) is 40.3. The van der Waals surface area contributed by atoms with Crippen molar-refractivity contribution < 1.29 is 14.5 Å². The predicted octanol–water partition coefficient (Wildman–Crippen LogP) is 3.20. The number of nitrogens with one attached hydrogen (secondary N) is 1. The Morgan fingerprint density at radius 1 is 1.20 bits per heavy atom. The van der Waals surface area contributed by atoms with Crippen LogP contribution < -0.4 is 5.32 Å². The van der Waals surface area contributed by atoms with Gasteiger partial charge in [-0.3, -0.25) is 19.7 Å². The maximum absolute atomic E-state index is 12.5. The molecule has 0 spiro atoms. The van der Waals surface area contributed by atoms with Crippen LogP contribution in [0.25, 0.3) is 11.6 Å². The van der Waals surface area contributed by atoms with Crippen molar-refractivity contribution in [2.45, 2.75) is 19.3 Å². The van der Waals surface area contributed by atoms with Crippen LogP contribution in [0.3, 0.4) is 0 Å². The van der Waals surface area contributed by atoms with E-state index in [9.17, 15) is 19.7 Å². The SMILES string of the molecule is O=C1CCc2cc(/C=C/C(=O)N3CC=C(c4ccc([N+](=O)[O-])cc4)CC3)cnc2N1. The Kier molecular flexibility index (Phi) is 5.38. The van der Waals surface area contributed by atoms with E-state index in [1.807, 2.05) is 12.1 Å². The highest BCUT2D eigenvalue weighted by Crippen LogP contribution is 2.25. The molecule has 0 atom stereocenters. The highest BCUT2D eigenvalue weighted by Gasteiger charge is 2.18. The molecule has 0 aliphatic carbocycles. The first kappa shape index (κ1) is 19.5. The van der Waals surface area contributed by atoms with Gasteiger partial charge in [-0.15, -0.1) is 0 Å². The summed E-state index contributed by atoms with van der Waals surface area (Å²) >= 11 is 0. The molecule has 1 aromatic carbocycles. The molecule has 4 rings (SSSR count). The summed E-state index contributed by atoms with van der Waals surface area (Å²) in [5.74, 6) is 0.481. The van der Waals surface area contributed by atoms with Crippen molar-refractivity contribution in [1.82, 2.24) is 9.88 Å². The van der Waals surface area contributed by atoms with Gasteiger partial charge < -0.3 is 10.2 Å². The molecule has 0 saturated carbocycles.